The van der Waals surface area contributed by atoms with Crippen LogP contribution in [0.15, 0.2) is 12.1 Å². The summed E-state index contributed by atoms with van der Waals surface area (Å²) >= 11 is 6.23. The minimum absolute atomic E-state index is 0.299. The van der Waals surface area contributed by atoms with Crippen molar-refractivity contribution in [2.45, 2.75) is 53.1 Å². The average Bonchev–Trinajstić information content (AvgIpc) is 2.37. The Morgan fingerprint density at radius 1 is 1.30 bits per heavy atom. The number of halogens is 1. The molecule has 0 aliphatic rings. The number of carbonyl (C=O) groups excluding carboxylic acids is 1. The molecule has 1 rings (SSSR count). The summed E-state index contributed by atoms with van der Waals surface area (Å²) < 4.78 is 10.8. The summed E-state index contributed by atoms with van der Waals surface area (Å²) in [7, 11) is 0. The number of ether oxygens (including phenoxy) is 2. The van der Waals surface area contributed by atoms with Crippen molar-refractivity contribution < 1.29 is 14.3 Å². The van der Waals surface area contributed by atoms with E-state index in [1.165, 1.54) is 0 Å². The van der Waals surface area contributed by atoms with Gasteiger partial charge in [-0.25, -0.2) is 4.79 Å². The van der Waals surface area contributed by atoms with Gasteiger partial charge in [-0.15, -0.1) is 0 Å². The van der Waals surface area contributed by atoms with E-state index < -0.39 is 6.10 Å². The summed E-state index contributed by atoms with van der Waals surface area (Å²) in [6, 6.07) is 3.80. The van der Waals surface area contributed by atoms with Crippen LogP contribution in [0.4, 0.5) is 0 Å². The number of hydrogen-bond acceptors (Lipinski definition) is 3. The minimum Gasteiger partial charge on any atom is -0.478 e. The van der Waals surface area contributed by atoms with Gasteiger partial charge in [0.15, 0.2) is 6.10 Å². The normalized spacial score (nSPS) is 12.3. The van der Waals surface area contributed by atoms with E-state index in [9.17, 15) is 4.79 Å². The van der Waals surface area contributed by atoms with E-state index in [1.54, 1.807) is 6.92 Å². The van der Waals surface area contributed by atoms with Gasteiger partial charge in [-0.2, -0.15) is 0 Å². The van der Waals surface area contributed by atoms with Gasteiger partial charge >= 0.3 is 5.97 Å². The first kappa shape index (κ1) is 16.8. The van der Waals surface area contributed by atoms with Gasteiger partial charge in [-0.1, -0.05) is 32.4 Å². The lowest BCUT2D eigenvalue weighted by molar-refractivity contribution is -0.151. The van der Waals surface area contributed by atoms with Crippen LogP contribution in [-0.2, 0) is 9.53 Å². The molecule has 0 aliphatic carbocycles. The molecule has 1 aromatic rings. The molecule has 0 heterocycles. The predicted octanol–water partition coefficient (Wildman–Crippen LogP) is 4.49. The van der Waals surface area contributed by atoms with E-state index in [2.05, 4.69) is 13.8 Å². The van der Waals surface area contributed by atoms with Crippen LogP contribution in [0.2, 0.25) is 5.02 Å². The number of benzene rings is 1. The molecule has 4 heteroatoms. The topological polar surface area (TPSA) is 35.5 Å². The number of hydrogen-bond donors (Lipinski definition) is 0. The lowest BCUT2D eigenvalue weighted by atomic mass is 10.0. The zero-order chi connectivity index (χ0) is 15.3. The van der Waals surface area contributed by atoms with Gasteiger partial charge in [0.05, 0.1) is 6.61 Å². The van der Waals surface area contributed by atoms with Crippen LogP contribution >= 0.6 is 11.6 Å². The number of esters is 1. The maximum Gasteiger partial charge on any atom is 0.347 e. The summed E-state index contributed by atoms with van der Waals surface area (Å²) in [6.07, 6.45) is -0.00685. The van der Waals surface area contributed by atoms with Crippen LogP contribution in [0.1, 0.15) is 51.2 Å². The summed E-state index contributed by atoms with van der Waals surface area (Å²) in [6.45, 7) is 10.1. The Labute approximate surface area is 126 Å². The van der Waals surface area contributed by atoms with Gasteiger partial charge in [-0.05, 0) is 49.4 Å². The third-order valence-corrected chi connectivity index (χ3v) is 3.43. The predicted molar refractivity (Wildman–Crippen MR) is 81.6 cm³/mol. The van der Waals surface area contributed by atoms with Crippen LogP contribution in [-0.4, -0.2) is 18.7 Å². The van der Waals surface area contributed by atoms with Crippen molar-refractivity contribution >= 4 is 17.6 Å². The smallest absolute Gasteiger partial charge is 0.347 e. The van der Waals surface area contributed by atoms with Crippen molar-refractivity contribution in [1.29, 1.82) is 0 Å². The third-order valence-electron chi connectivity index (χ3n) is 3.11. The Morgan fingerprint density at radius 2 is 1.95 bits per heavy atom. The van der Waals surface area contributed by atoms with Gasteiger partial charge in [-0.3, -0.25) is 0 Å². The average molecular weight is 299 g/mol. The Bertz CT molecular complexity index is 469. The second-order valence-electron chi connectivity index (χ2n) is 5.06. The van der Waals surface area contributed by atoms with Crippen LogP contribution < -0.4 is 4.74 Å². The maximum absolute atomic E-state index is 11.8. The fraction of sp³-hybridized carbons (Fsp3) is 0.562. The van der Waals surface area contributed by atoms with Crippen molar-refractivity contribution in [3.63, 3.8) is 0 Å². The van der Waals surface area contributed by atoms with E-state index in [0.717, 1.165) is 16.1 Å². The zero-order valence-electron chi connectivity index (χ0n) is 12.8. The van der Waals surface area contributed by atoms with Gasteiger partial charge < -0.3 is 9.47 Å². The lowest BCUT2D eigenvalue weighted by Gasteiger charge is -2.19. The Balaban J connectivity index is 3.01. The summed E-state index contributed by atoms with van der Waals surface area (Å²) in [5.74, 6) is 0.668. The fourth-order valence-corrected chi connectivity index (χ4v) is 2.36. The molecule has 0 saturated carbocycles. The molecule has 0 saturated heterocycles. The largest absolute Gasteiger partial charge is 0.478 e. The number of aryl methyl sites for hydroxylation is 1. The molecule has 3 nitrogen and oxygen atoms in total. The van der Waals surface area contributed by atoms with Gasteiger partial charge in [0.2, 0.25) is 0 Å². The van der Waals surface area contributed by atoms with Crippen LogP contribution in [0.25, 0.3) is 0 Å². The molecule has 1 aromatic carbocycles. The lowest BCUT2D eigenvalue weighted by Crippen LogP contribution is -2.29. The van der Waals surface area contributed by atoms with E-state index in [0.29, 0.717) is 24.7 Å². The van der Waals surface area contributed by atoms with Crippen molar-refractivity contribution in [3.05, 3.63) is 28.3 Å². The summed E-state index contributed by atoms with van der Waals surface area (Å²) in [4.78, 5) is 11.8. The summed E-state index contributed by atoms with van der Waals surface area (Å²) in [5, 5.41) is 0.731. The molecule has 112 valence electrons. The SMILES string of the molecule is CCOC(=O)C(CC)Oc1cc(C(C)C)c(Cl)cc1C. The number of carbonyl (C=O) groups is 1. The summed E-state index contributed by atoms with van der Waals surface area (Å²) in [5.41, 5.74) is 1.94. The standard InChI is InChI=1S/C16H23ClO3/c1-6-14(16(18)19-7-2)20-15-9-12(10(3)4)13(17)8-11(15)5/h8-10,14H,6-7H2,1-5H3. The second-order valence-corrected chi connectivity index (χ2v) is 5.47. The molecule has 0 radical (unpaired) electrons. The Kier molecular flexibility index (Phi) is 6.34. The van der Waals surface area contributed by atoms with Crippen molar-refractivity contribution in [2.24, 2.45) is 0 Å². The molecule has 0 fully saturated rings. The van der Waals surface area contributed by atoms with E-state index in [1.807, 2.05) is 26.0 Å². The van der Waals surface area contributed by atoms with E-state index in [-0.39, 0.29) is 5.97 Å². The molecule has 1 atom stereocenters. The highest BCUT2D eigenvalue weighted by molar-refractivity contribution is 6.31. The van der Waals surface area contributed by atoms with Crippen molar-refractivity contribution in [3.8, 4) is 5.75 Å². The van der Waals surface area contributed by atoms with Gasteiger partial charge in [0.25, 0.3) is 0 Å². The highest BCUT2D eigenvalue weighted by atomic mass is 35.5. The number of rotatable bonds is 6. The van der Waals surface area contributed by atoms with Gasteiger partial charge in [0, 0.05) is 5.02 Å². The molecule has 0 spiro atoms. The van der Waals surface area contributed by atoms with Crippen molar-refractivity contribution in [1.82, 2.24) is 0 Å². The first-order chi connectivity index (χ1) is 9.40. The molecule has 0 bridgehead atoms. The first-order valence-electron chi connectivity index (χ1n) is 7.03. The Morgan fingerprint density at radius 3 is 2.45 bits per heavy atom. The molecule has 0 aromatic heterocycles. The first-order valence-corrected chi connectivity index (χ1v) is 7.41. The zero-order valence-corrected chi connectivity index (χ0v) is 13.6. The maximum atomic E-state index is 11.8. The molecule has 0 amide bonds. The van der Waals surface area contributed by atoms with Crippen molar-refractivity contribution in [2.75, 3.05) is 6.61 Å². The molecular weight excluding hydrogens is 276 g/mol. The van der Waals surface area contributed by atoms with E-state index in [4.69, 9.17) is 21.1 Å². The third kappa shape index (κ3) is 4.14. The fourth-order valence-electron chi connectivity index (χ4n) is 1.92. The van der Waals surface area contributed by atoms with Crippen LogP contribution in [0.5, 0.6) is 5.75 Å². The molecule has 0 N–H and O–H groups in total. The minimum atomic E-state index is -0.574. The Hall–Kier alpha value is -1.22. The quantitative estimate of drug-likeness (QED) is 0.726. The van der Waals surface area contributed by atoms with Gasteiger partial charge in [0.1, 0.15) is 5.75 Å². The van der Waals surface area contributed by atoms with Crippen LogP contribution in [0, 0.1) is 6.92 Å². The monoisotopic (exact) mass is 298 g/mol. The molecular formula is C16H23ClO3. The van der Waals surface area contributed by atoms with Crippen LogP contribution in [0.3, 0.4) is 0 Å². The second kappa shape index (κ2) is 7.53. The molecule has 0 aliphatic heterocycles. The van der Waals surface area contributed by atoms with E-state index >= 15 is 0 Å². The molecule has 1 unspecified atom stereocenters. The highest BCUT2D eigenvalue weighted by Crippen LogP contribution is 2.32. The highest BCUT2D eigenvalue weighted by Gasteiger charge is 2.21. The molecule has 20 heavy (non-hydrogen) atoms.